The van der Waals surface area contributed by atoms with Crippen molar-refractivity contribution in [2.75, 3.05) is 20.3 Å². The minimum absolute atomic E-state index is 0.429. The number of rotatable bonds is 7. The van der Waals surface area contributed by atoms with E-state index in [0.29, 0.717) is 23.2 Å². The number of nitrogens with zero attached hydrogens (tertiary/aromatic N) is 1. The van der Waals surface area contributed by atoms with Crippen molar-refractivity contribution in [3.05, 3.63) is 33.9 Å². The summed E-state index contributed by atoms with van der Waals surface area (Å²) >= 11 is 7.21. The van der Waals surface area contributed by atoms with Crippen LogP contribution in [0.3, 0.4) is 0 Å². The highest BCUT2D eigenvalue weighted by Gasteiger charge is 2.10. The summed E-state index contributed by atoms with van der Waals surface area (Å²) in [5.74, 6) is 1.35. The van der Waals surface area contributed by atoms with E-state index in [4.69, 9.17) is 21.7 Å². The van der Waals surface area contributed by atoms with Gasteiger partial charge in [-0.15, -0.1) is 0 Å². The molecule has 5 nitrogen and oxygen atoms in total. The highest BCUT2D eigenvalue weighted by Crippen LogP contribution is 2.33. The number of hydrazone groups is 1. The first-order valence-corrected chi connectivity index (χ1v) is 7.79. The number of halogens is 1. The van der Waals surface area contributed by atoms with Crippen molar-refractivity contribution < 1.29 is 9.47 Å². The molecule has 0 saturated heterocycles. The van der Waals surface area contributed by atoms with Gasteiger partial charge in [0.15, 0.2) is 16.6 Å². The maximum absolute atomic E-state index is 5.60. The van der Waals surface area contributed by atoms with Gasteiger partial charge in [0.1, 0.15) is 6.61 Å². The van der Waals surface area contributed by atoms with Gasteiger partial charge in [-0.05, 0) is 59.4 Å². The third-order valence-electron chi connectivity index (χ3n) is 2.31. The predicted octanol–water partition coefficient (Wildman–Crippen LogP) is 2.68. The smallest absolute Gasteiger partial charge is 0.186 e. The average molecular weight is 419 g/mol. The second kappa shape index (κ2) is 9.56. The molecule has 0 aliphatic carbocycles. The number of hydrogen-bond acceptors (Lipinski definition) is 4. The number of nitrogens with one attached hydrogen (secondary N) is 2. The Bertz CT molecular complexity index is 535. The minimum Gasteiger partial charge on any atom is -0.493 e. The molecule has 0 aliphatic heterocycles. The van der Waals surface area contributed by atoms with E-state index in [2.05, 4.69) is 45.0 Å². The normalized spacial score (nSPS) is 10.2. The van der Waals surface area contributed by atoms with Gasteiger partial charge in [0.05, 0.1) is 16.9 Å². The molecule has 2 N–H and O–H groups in total. The van der Waals surface area contributed by atoms with Crippen LogP contribution in [-0.4, -0.2) is 31.6 Å². The summed E-state index contributed by atoms with van der Waals surface area (Å²) < 4.78 is 11.9. The highest BCUT2D eigenvalue weighted by molar-refractivity contribution is 14.1. The Kier molecular flexibility index (Phi) is 8.06. The first kappa shape index (κ1) is 17.7. The van der Waals surface area contributed by atoms with Crippen molar-refractivity contribution in [1.82, 2.24) is 10.7 Å². The summed E-state index contributed by atoms with van der Waals surface area (Å²) in [4.78, 5) is 0. The molecule has 114 valence electrons. The van der Waals surface area contributed by atoms with Crippen LogP contribution in [0, 0.1) is 3.57 Å². The maximum Gasteiger partial charge on any atom is 0.186 e. The van der Waals surface area contributed by atoms with Gasteiger partial charge < -0.3 is 14.8 Å². The zero-order chi connectivity index (χ0) is 15.7. The third kappa shape index (κ3) is 5.88. The second-order valence-electron chi connectivity index (χ2n) is 3.86. The van der Waals surface area contributed by atoms with Gasteiger partial charge in [-0.1, -0.05) is 12.7 Å². The maximum atomic E-state index is 5.60. The van der Waals surface area contributed by atoms with Crippen LogP contribution < -0.4 is 20.2 Å². The van der Waals surface area contributed by atoms with Crippen molar-refractivity contribution in [2.24, 2.45) is 5.10 Å². The number of benzene rings is 1. The fraction of sp³-hybridized carbons (Fsp3) is 0.286. The fourth-order valence-electron chi connectivity index (χ4n) is 1.46. The molecule has 21 heavy (non-hydrogen) atoms. The van der Waals surface area contributed by atoms with Gasteiger partial charge in [0, 0.05) is 6.54 Å². The number of methoxy groups -OCH3 is 1. The molecule has 0 aromatic heterocycles. The van der Waals surface area contributed by atoms with E-state index in [1.165, 1.54) is 0 Å². The quantitative estimate of drug-likeness (QED) is 0.234. The van der Waals surface area contributed by atoms with Gasteiger partial charge >= 0.3 is 0 Å². The van der Waals surface area contributed by atoms with Crippen LogP contribution in [0.5, 0.6) is 11.5 Å². The largest absolute Gasteiger partial charge is 0.493 e. The predicted molar refractivity (Wildman–Crippen MR) is 98.4 cm³/mol. The molecular formula is C14H18IN3O2S. The Morgan fingerprint density at radius 3 is 2.90 bits per heavy atom. The van der Waals surface area contributed by atoms with E-state index >= 15 is 0 Å². The topological polar surface area (TPSA) is 54.9 Å². The lowest BCUT2D eigenvalue weighted by Crippen LogP contribution is -2.31. The molecular weight excluding hydrogens is 401 g/mol. The first-order valence-electron chi connectivity index (χ1n) is 6.30. The zero-order valence-corrected chi connectivity index (χ0v) is 15.0. The van der Waals surface area contributed by atoms with Crippen LogP contribution in [0.15, 0.2) is 29.9 Å². The highest BCUT2D eigenvalue weighted by atomic mass is 127. The van der Waals surface area contributed by atoms with Crippen LogP contribution in [-0.2, 0) is 0 Å². The summed E-state index contributed by atoms with van der Waals surface area (Å²) in [5.41, 5.74) is 3.62. The van der Waals surface area contributed by atoms with E-state index in [9.17, 15) is 0 Å². The molecule has 7 heteroatoms. The lowest BCUT2D eigenvalue weighted by molar-refractivity contribution is 0.324. The van der Waals surface area contributed by atoms with E-state index in [-0.39, 0.29) is 0 Å². The summed E-state index contributed by atoms with van der Waals surface area (Å²) in [7, 11) is 1.60. The number of thiocarbonyl (C=S) groups is 1. The molecule has 0 spiro atoms. The molecule has 0 bridgehead atoms. The van der Waals surface area contributed by atoms with Crippen molar-refractivity contribution >= 4 is 46.1 Å². The van der Waals surface area contributed by atoms with Crippen molar-refractivity contribution in [3.8, 4) is 11.5 Å². The fourth-order valence-corrected chi connectivity index (χ4v) is 2.44. The Morgan fingerprint density at radius 2 is 2.29 bits per heavy atom. The summed E-state index contributed by atoms with van der Waals surface area (Å²) in [5, 5.41) is 7.51. The van der Waals surface area contributed by atoms with E-state index in [0.717, 1.165) is 15.7 Å². The molecule has 0 radical (unpaired) electrons. The number of ether oxygens (including phenoxy) is 2. The Balaban J connectivity index is 2.85. The average Bonchev–Trinajstić information content (AvgIpc) is 2.46. The minimum atomic E-state index is 0.429. The Morgan fingerprint density at radius 1 is 1.52 bits per heavy atom. The number of hydrogen-bond donors (Lipinski definition) is 2. The monoisotopic (exact) mass is 419 g/mol. The molecule has 1 aromatic carbocycles. The molecule has 0 heterocycles. The van der Waals surface area contributed by atoms with Crippen LogP contribution in [0.25, 0.3) is 0 Å². The Labute approximate surface area is 143 Å². The van der Waals surface area contributed by atoms with Gasteiger partial charge in [0.25, 0.3) is 0 Å². The molecule has 0 unspecified atom stereocenters. The molecule has 0 aliphatic rings. The van der Waals surface area contributed by atoms with E-state index in [1.807, 2.05) is 19.1 Å². The van der Waals surface area contributed by atoms with Crippen LogP contribution >= 0.6 is 34.8 Å². The molecule has 1 aromatic rings. The lowest BCUT2D eigenvalue weighted by atomic mass is 10.2. The molecule has 0 fully saturated rings. The zero-order valence-electron chi connectivity index (χ0n) is 12.0. The molecule has 0 saturated carbocycles. The Hall–Kier alpha value is -1.35. The van der Waals surface area contributed by atoms with Crippen LogP contribution in [0.2, 0.25) is 0 Å². The van der Waals surface area contributed by atoms with Gasteiger partial charge in [-0.25, -0.2) is 0 Å². The van der Waals surface area contributed by atoms with Crippen molar-refractivity contribution in [1.29, 1.82) is 0 Å². The van der Waals surface area contributed by atoms with Crippen LogP contribution in [0.1, 0.15) is 12.5 Å². The van der Waals surface area contributed by atoms with Gasteiger partial charge in [0.2, 0.25) is 0 Å². The molecule has 0 amide bonds. The summed E-state index contributed by atoms with van der Waals surface area (Å²) in [6.45, 7) is 6.78. The lowest BCUT2D eigenvalue weighted by Gasteiger charge is -2.12. The van der Waals surface area contributed by atoms with E-state index in [1.54, 1.807) is 19.4 Å². The first-order chi connectivity index (χ1) is 10.1. The summed E-state index contributed by atoms with van der Waals surface area (Å²) in [6, 6.07) is 3.80. The SMILES string of the molecule is C=CCOc1c(I)cc(/C=N/NC(=S)NCC)cc1OC. The second-order valence-corrected chi connectivity index (χ2v) is 5.43. The van der Waals surface area contributed by atoms with Crippen molar-refractivity contribution in [3.63, 3.8) is 0 Å². The van der Waals surface area contributed by atoms with Gasteiger partial charge in [-0.3, -0.25) is 5.43 Å². The third-order valence-corrected chi connectivity index (χ3v) is 3.35. The van der Waals surface area contributed by atoms with Gasteiger partial charge in [-0.2, -0.15) is 5.10 Å². The molecule has 0 atom stereocenters. The van der Waals surface area contributed by atoms with Crippen LogP contribution in [0.4, 0.5) is 0 Å². The van der Waals surface area contributed by atoms with E-state index < -0.39 is 0 Å². The van der Waals surface area contributed by atoms with Crippen molar-refractivity contribution in [2.45, 2.75) is 6.92 Å². The molecule has 1 rings (SSSR count). The summed E-state index contributed by atoms with van der Waals surface area (Å²) in [6.07, 6.45) is 3.36. The standard InChI is InChI=1S/C14H18IN3O2S/c1-4-6-20-13-11(15)7-10(8-12(13)19-3)9-17-18-14(21)16-5-2/h4,7-9H,1,5-6H2,2-3H3,(H2,16,18,21)/b17-9+.